The predicted octanol–water partition coefficient (Wildman–Crippen LogP) is 4.66. The van der Waals surface area contributed by atoms with Gasteiger partial charge in [0.15, 0.2) is 0 Å². The lowest BCUT2D eigenvalue weighted by molar-refractivity contribution is -0.125. The van der Waals surface area contributed by atoms with E-state index in [-0.39, 0.29) is 34.7 Å². The number of hydrogen-bond acceptors (Lipinski definition) is 4. The van der Waals surface area contributed by atoms with Crippen LogP contribution in [0.1, 0.15) is 54.4 Å². The Kier molecular flexibility index (Phi) is 7.41. The van der Waals surface area contributed by atoms with E-state index in [2.05, 4.69) is 42.9 Å². The molecule has 0 aromatic heterocycles. The molecule has 1 heterocycles. The van der Waals surface area contributed by atoms with Crippen molar-refractivity contribution >= 4 is 28.3 Å². The number of carbonyl (C=O) groups is 2. The Balaban J connectivity index is 1.80. The molecule has 6 nitrogen and oxygen atoms in total. The zero-order valence-corrected chi connectivity index (χ0v) is 21.4. The molecule has 1 saturated heterocycles. The van der Waals surface area contributed by atoms with Crippen molar-refractivity contribution in [3.05, 3.63) is 54.7 Å². The van der Waals surface area contributed by atoms with Crippen molar-refractivity contribution in [2.45, 2.75) is 72.5 Å². The Morgan fingerprint density at radius 3 is 2.32 bits per heavy atom. The van der Waals surface area contributed by atoms with Crippen LogP contribution in [0.2, 0.25) is 0 Å². The van der Waals surface area contributed by atoms with Crippen molar-refractivity contribution in [2.75, 3.05) is 11.9 Å². The molecule has 34 heavy (non-hydrogen) atoms. The summed E-state index contributed by atoms with van der Waals surface area (Å²) in [5.74, 6) is -0.259. The van der Waals surface area contributed by atoms with Gasteiger partial charge in [0, 0.05) is 23.3 Å². The normalized spacial score (nSPS) is 18.4. The molecule has 0 aliphatic carbocycles. The van der Waals surface area contributed by atoms with E-state index in [0.717, 1.165) is 41.5 Å². The molecule has 6 heteroatoms. The van der Waals surface area contributed by atoms with Gasteiger partial charge >= 0.3 is 0 Å². The van der Waals surface area contributed by atoms with Crippen LogP contribution in [0.25, 0.3) is 10.8 Å². The van der Waals surface area contributed by atoms with Gasteiger partial charge in [0.05, 0.1) is 12.1 Å². The van der Waals surface area contributed by atoms with Crippen LogP contribution in [0, 0.1) is 10.8 Å². The molecular weight excluding hydrogens is 424 g/mol. The van der Waals surface area contributed by atoms with Crippen LogP contribution in [0.3, 0.4) is 0 Å². The summed E-state index contributed by atoms with van der Waals surface area (Å²) in [4.78, 5) is 28.4. The standard InChI is InChI=1S/C28H40N4O2/c1-18(24(28(5,6)7)31-26(34)23(29)27(2,3)4)32-17-11-16-22(32)25(33)30-21-15-10-13-19-12-8-9-14-20(19)21/h8-10,12-15,22-24H,1,11,16-17,29H2,2-7H3,(H,30,33)(H,31,34)/t22?,23-,24-/m1/s1. The zero-order chi connectivity index (χ0) is 25.3. The summed E-state index contributed by atoms with van der Waals surface area (Å²) in [6.45, 7) is 17.1. The smallest absolute Gasteiger partial charge is 0.247 e. The first kappa shape index (κ1) is 25.8. The van der Waals surface area contributed by atoms with Crippen LogP contribution < -0.4 is 16.4 Å². The van der Waals surface area contributed by atoms with Gasteiger partial charge in [-0.3, -0.25) is 9.59 Å². The zero-order valence-electron chi connectivity index (χ0n) is 21.4. The number of likely N-dealkylation sites (tertiary alicyclic amines) is 1. The Hall–Kier alpha value is -2.86. The second-order valence-corrected chi connectivity index (χ2v) is 11.5. The van der Waals surface area contributed by atoms with E-state index in [9.17, 15) is 9.59 Å². The number of nitrogens with one attached hydrogen (secondary N) is 2. The molecule has 184 valence electrons. The van der Waals surface area contributed by atoms with E-state index in [0.29, 0.717) is 0 Å². The van der Waals surface area contributed by atoms with Gasteiger partial charge in [-0.2, -0.15) is 0 Å². The van der Waals surface area contributed by atoms with Crippen LogP contribution in [-0.4, -0.2) is 41.4 Å². The molecule has 2 aromatic rings. The fraction of sp³-hybridized carbons (Fsp3) is 0.500. The van der Waals surface area contributed by atoms with Gasteiger partial charge in [0.2, 0.25) is 11.8 Å². The number of nitrogens with zero attached hydrogens (tertiary/aromatic N) is 1. The third kappa shape index (κ3) is 5.61. The minimum atomic E-state index is -0.644. The second-order valence-electron chi connectivity index (χ2n) is 11.5. The Morgan fingerprint density at radius 1 is 1.03 bits per heavy atom. The van der Waals surface area contributed by atoms with Gasteiger partial charge in [-0.25, -0.2) is 0 Å². The molecular formula is C28H40N4O2. The molecule has 1 aliphatic rings. The summed E-state index contributed by atoms with van der Waals surface area (Å²) < 4.78 is 0. The lowest BCUT2D eigenvalue weighted by Gasteiger charge is -2.40. The van der Waals surface area contributed by atoms with Gasteiger partial charge in [0.25, 0.3) is 0 Å². The monoisotopic (exact) mass is 464 g/mol. The molecule has 0 radical (unpaired) electrons. The number of benzene rings is 2. The maximum atomic E-state index is 13.4. The Labute approximate surface area is 204 Å². The average Bonchev–Trinajstić information content (AvgIpc) is 3.25. The quantitative estimate of drug-likeness (QED) is 0.580. The average molecular weight is 465 g/mol. The Morgan fingerprint density at radius 2 is 1.68 bits per heavy atom. The molecule has 1 fully saturated rings. The van der Waals surface area contributed by atoms with Crippen molar-refractivity contribution in [1.82, 2.24) is 10.2 Å². The maximum absolute atomic E-state index is 13.4. The third-order valence-corrected chi connectivity index (χ3v) is 6.67. The first-order chi connectivity index (χ1) is 15.8. The predicted molar refractivity (Wildman–Crippen MR) is 140 cm³/mol. The van der Waals surface area contributed by atoms with Crippen molar-refractivity contribution in [1.29, 1.82) is 0 Å². The number of rotatable bonds is 6. The molecule has 1 aliphatic heterocycles. The molecule has 4 N–H and O–H groups in total. The van der Waals surface area contributed by atoms with E-state index in [1.807, 2.05) is 63.2 Å². The topological polar surface area (TPSA) is 87.5 Å². The van der Waals surface area contributed by atoms with Crippen LogP contribution in [0.5, 0.6) is 0 Å². The highest BCUT2D eigenvalue weighted by Crippen LogP contribution is 2.32. The largest absolute Gasteiger partial charge is 0.362 e. The minimum Gasteiger partial charge on any atom is -0.362 e. The number of nitrogens with two attached hydrogens (primary N) is 1. The lowest BCUT2D eigenvalue weighted by Crippen LogP contribution is -2.57. The molecule has 3 atom stereocenters. The van der Waals surface area contributed by atoms with Crippen LogP contribution in [0.4, 0.5) is 5.69 Å². The summed E-state index contributed by atoms with van der Waals surface area (Å²) in [5.41, 5.74) is 7.12. The molecule has 1 unspecified atom stereocenters. The lowest BCUT2D eigenvalue weighted by atomic mass is 9.82. The highest BCUT2D eigenvalue weighted by atomic mass is 16.2. The highest BCUT2D eigenvalue weighted by Gasteiger charge is 2.39. The van der Waals surface area contributed by atoms with Gasteiger partial charge in [0.1, 0.15) is 6.04 Å². The Bertz CT molecular complexity index is 1060. The van der Waals surface area contributed by atoms with Crippen LogP contribution >= 0.6 is 0 Å². The molecule has 3 rings (SSSR count). The summed E-state index contributed by atoms with van der Waals surface area (Å²) in [6, 6.07) is 12.6. The first-order valence-corrected chi connectivity index (χ1v) is 12.1. The number of carbonyl (C=O) groups excluding carboxylic acids is 2. The first-order valence-electron chi connectivity index (χ1n) is 12.1. The van der Waals surface area contributed by atoms with Crippen molar-refractivity contribution in [2.24, 2.45) is 16.6 Å². The molecule has 0 saturated carbocycles. The molecule has 2 amide bonds. The van der Waals surface area contributed by atoms with Gasteiger partial charge < -0.3 is 21.3 Å². The highest BCUT2D eigenvalue weighted by molar-refractivity contribution is 6.04. The second kappa shape index (κ2) is 9.79. The number of hydrogen-bond donors (Lipinski definition) is 3. The fourth-order valence-corrected chi connectivity index (χ4v) is 4.52. The van der Waals surface area contributed by atoms with Crippen molar-refractivity contribution in [3.63, 3.8) is 0 Å². The fourth-order valence-electron chi connectivity index (χ4n) is 4.52. The molecule has 2 aromatic carbocycles. The van der Waals surface area contributed by atoms with Gasteiger partial charge in [-0.1, -0.05) is 84.5 Å². The minimum absolute atomic E-state index is 0.0552. The molecule has 0 bridgehead atoms. The van der Waals surface area contributed by atoms with E-state index in [1.165, 1.54) is 0 Å². The van der Waals surface area contributed by atoms with E-state index in [1.54, 1.807) is 0 Å². The third-order valence-electron chi connectivity index (χ3n) is 6.67. The van der Waals surface area contributed by atoms with Crippen LogP contribution in [0.15, 0.2) is 54.7 Å². The molecule has 0 spiro atoms. The maximum Gasteiger partial charge on any atom is 0.247 e. The number of amides is 2. The van der Waals surface area contributed by atoms with Gasteiger partial charge in [-0.15, -0.1) is 0 Å². The summed E-state index contributed by atoms with van der Waals surface area (Å²) >= 11 is 0. The van der Waals surface area contributed by atoms with Gasteiger partial charge in [-0.05, 0) is 35.1 Å². The summed E-state index contributed by atoms with van der Waals surface area (Å²) in [5, 5.41) is 8.37. The van der Waals surface area contributed by atoms with Crippen molar-refractivity contribution in [3.8, 4) is 0 Å². The van der Waals surface area contributed by atoms with Crippen LogP contribution in [-0.2, 0) is 9.59 Å². The van der Waals surface area contributed by atoms with E-state index in [4.69, 9.17) is 5.73 Å². The summed E-state index contributed by atoms with van der Waals surface area (Å²) in [7, 11) is 0. The summed E-state index contributed by atoms with van der Waals surface area (Å²) in [6.07, 6.45) is 1.63. The van der Waals surface area contributed by atoms with Crippen molar-refractivity contribution < 1.29 is 9.59 Å². The number of anilines is 1. The van der Waals surface area contributed by atoms with E-state index >= 15 is 0 Å². The SMILES string of the molecule is C=C([C@@H](NC(=O)[C@@H](N)C(C)(C)C)C(C)(C)C)N1CCCC1C(=O)Nc1cccc2ccccc12. The van der Waals surface area contributed by atoms with E-state index < -0.39 is 6.04 Å². The number of fused-ring (bicyclic) bond motifs is 1.